The zero-order valence-electron chi connectivity index (χ0n) is 23.0. The highest BCUT2D eigenvalue weighted by Crippen LogP contribution is 2.35. The average Bonchev–Trinajstić information content (AvgIpc) is 3.41. The van der Waals surface area contributed by atoms with Crippen LogP contribution in [0.15, 0.2) is 53.7 Å². The van der Waals surface area contributed by atoms with Crippen molar-refractivity contribution in [3.8, 4) is 5.75 Å². The summed E-state index contributed by atoms with van der Waals surface area (Å²) in [6.07, 6.45) is 6.80. The second-order valence-corrected chi connectivity index (χ2v) is 12.5. The summed E-state index contributed by atoms with van der Waals surface area (Å²) in [7, 11) is -2.08. The summed E-state index contributed by atoms with van der Waals surface area (Å²) in [4.78, 5) is 23.7. The quantitative estimate of drug-likeness (QED) is 0.429. The van der Waals surface area contributed by atoms with Gasteiger partial charge in [0.2, 0.25) is 15.9 Å². The van der Waals surface area contributed by atoms with E-state index in [0.717, 1.165) is 42.6 Å². The molecule has 0 radical (unpaired) electrons. The molecular weight excluding hydrogens is 512 g/mol. The Balaban J connectivity index is 1.29. The summed E-state index contributed by atoms with van der Waals surface area (Å²) in [5.41, 5.74) is 4.44. The Hall–Kier alpha value is -3.17. The van der Waals surface area contributed by atoms with Crippen molar-refractivity contribution < 1.29 is 17.9 Å². The van der Waals surface area contributed by atoms with Crippen LogP contribution in [0.5, 0.6) is 5.75 Å². The van der Waals surface area contributed by atoms with Crippen molar-refractivity contribution in [2.45, 2.75) is 75.8 Å². The van der Waals surface area contributed by atoms with Gasteiger partial charge in [-0.15, -0.1) is 0 Å². The van der Waals surface area contributed by atoms with Gasteiger partial charge in [-0.25, -0.2) is 13.4 Å². The number of benzene rings is 2. The number of aromatic amines is 1. The largest absolute Gasteiger partial charge is 0.497 e. The van der Waals surface area contributed by atoms with Gasteiger partial charge >= 0.3 is 0 Å². The highest BCUT2D eigenvalue weighted by atomic mass is 32.2. The van der Waals surface area contributed by atoms with E-state index in [2.05, 4.69) is 9.97 Å². The Labute approximate surface area is 231 Å². The minimum atomic E-state index is -3.67. The number of imidazole rings is 1. The summed E-state index contributed by atoms with van der Waals surface area (Å²) >= 11 is 0. The third-order valence-electron chi connectivity index (χ3n) is 8.10. The van der Waals surface area contributed by atoms with Crippen LogP contribution in [-0.4, -0.2) is 59.7 Å². The van der Waals surface area contributed by atoms with Crippen molar-refractivity contribution >= 4 is 15.9 Å². The Morgan fingerprint density at radius 2 is 1.85 bits per heavy atom. The number of hydrogen-bond donors (Lipinski definition) is 1. The molecule has 2 unspecified atom stereocenters. The Bertz CT molecular complexity index is 1400. The van der Waals surface area contributed by atoms with Crippen molar-refractivity contribution in [2.24, 2.45) is 0 Å². The summed E-state index contributed by atoms with van der Waals surface area (Å²) in [5.74, 6) is 0.746. The van der Waals surface area contributed by atoms with Crippen molar-refractivity contribution in [1.29, 1.82) is 0 Å². The molecule has 0 aliphatic carbocycles. The summed E-state index contributed by atoms with van der Waals surface area (Å²) in [6.45, 7) is 4.79. The number of methoxy groups -OCH3 is 1. The smallest absolute Gasteiger partial charge is 0.243 e. The molecule has 39 heavy (non-hydrogen) atoms. The van der Waals surface area contributed by atoms with E-state index in [0.29, 0.717) is 54.1 Å². The number of sulfonamides is 1. The van der Waals surface area contributed by atoms with E-state index in [4.69, 9.17) is 4.74 Å². The molecule has 2 aromatic carbocycles. The van der Waals surface area contributed by atoms with E-state index in [1.54, 1.807) is 29.9 Å². The van der Waals surface area contributed by atoms with Crippen LogP contribution < -0.4 is 4.74 Å². The molecule has 3 heterocycles. The normalized spacial score (nSPS) is 20.0. The maximum absolute atomic E-state index is 13.9. The summed E-state index contributed by atoms with van der Waals surface area (Å²) < 4.78 is 34.8. The number of ether oxygens (including phenoxy) is 1. The van der Waals surface area contributed by atoms with Crippen molar-refractivity contribution in [3.63, 3.8) is 0 Å². The predicted molar refractivity (Wildman–Crippen MR) is 150 cm³/mol. The van der Waals surface area contributed by atoms with Gasteiger partial charge in [-0.3, -0.25) is 4.79 Å². The lowest BCUT2D eigenvalue weighted by molar-refractivity contribution is -0.133. The van der Waals surface area contributed by atoms with Crippen LogP contribution in [0.4, 0.5) is 0 Å². The predicted octanol–water partition coefficient (Wildman–Crippen LogP) is 4.92. The fraction of sp³-hybridized carbons (Fsp3) is 0.467. The first kappa shape index (κ1) is 27.4. The van der Waals surface area contributed by atoms with Crippen molar-refractivity contribution in [3.05, 3.63) is 76.9 Å². The highest BCUT2D eigenvalue weighted by molar-refractivity contribution is 7.89. The van der Waals surface area contributed by atoms with Gasteiger partial charge in [0.25, 0.3) is 0 Å². The summed E-state index contributed by atoms with van der Waals surface area (Å²) in [6, 6.07) is 13.3. The number of aryl methyl sites for hydroxylation is 2. The molecule has 2 aliphatic rings. The fourth-order valence-electron chi connectivity index (χ4n) is 6.28. The van der Waals surface area contributed by atoms with E-state index in [1.807, 2.05) is 49.1 Å². The van der Waals surface area contributed by atoms with E-state index >= 15 is 0 Å². The molecule has 2 atom stereocenters. The lowest BCUT2D eigenvalue weighted by Gasteiger charge is -2.37. The topological polar surface area (TPSA) is 95.6 Å². The van der Waals surface area contributed by atoms with E-state index < -0.39 is 10.0 Å². The number of carbonyl (C=O) groups is 1. The molecule has 1 N–H and O–H groups in total. The van der Waals surface area contributed by atoms with E-state index in [1.165, 1.54) is 0 Å². The highest BCUT2D eigenvalue weighted by Gasteiger charge is 2.36. The second-order valence-electron chi connectivity index (χ2n) is 10.7. The molecule has 1 aromatic heterocycles. The average molecular weight is 551 g/mol. The standard InChI is InChI=1S/C30H38N4O4S/c1-21-18-25(38-3)19-22(2)30(21)39(36,37)34-16-8-7-12-24(34)13-9-14-27(35)33-17-15-26-28(32-20-31-26)29(33)23-10-5-4-6-11-23/h4-6,10-11,18-20,24,29H,7-9,12-17H2,1-3H3,(H,31,32). The number of nitrogens with one attached hydrogen (secondary N) is 1. The number of carbonyl (C=O) groups excluding carboxylic acids is 1. The molecule has 208 valence electrons. The van der Waals surface area contributed by atoms with Crippen molar-refractivity contribution in [1.82, 2.24) is 19.2 Å². The van der Waals surface area contributed by atoms with Crippen LogP contribution in [0, 0.1) is 13.8 Å². The molecule has 1 amide bonds. The lowest BCUT2D eigenvalue weighted by Crippen LogP contribution is -2.44. The molecule has 9 heteroatoms. The number of fused-ring (bicyclic) bond motifs is 1. The van der Waals surface area contributed by atoms with Gasteiger partial charge in [-0.2, -0.15) is 4.31 Å². The van der Waals surface area contributed by atoms with Gasteiger partial charge in [-0.05, 0) is 68.4 Å². The maximum atomic E-state index is 13.9. The van der Waals surface area contributed by atoms with Crippen molar-refractivity contribution in [2.75, 3.05) is 20.2 Å². The molecule has 0 bridgehead atoms. The van der Waals surface area contributed by atoms with Gasteiger partial charge in [0.15, 0.2) is 0 Å². The molecule has 1 fully saturated rings. The van der Waals surface area contributed by atoms with Gasteiger partial charge in [0.1, 0.15) is 11.8 Å². The minimum absolute atomic E-state index is 0.0876. The maximum Gasteiger partial charge on any atom is 0.243 e. The van der Waals surface area contributed by atoms with Crippen LogP contribution in [-0.2, 0) is 21.2 Å². The monoisotopic (exact) mass is 550 g/mol. The third-order valence-corrected chi connectivity index (χ3v) is 10.4. The second kappa shape index (κ2) is 11.5. The zero-order chi connectivity index (χ0) is 27.6. The molecule has 2 aliphatic heterocycles. The Kier molecular flexibility index (Phi) is 8.09. The first-order chi connectivity index (χ1) is 18.8. The van der Waals surface area contributed by atoms with Gasteiger partial charge in [0, 0.05) is 37.7 Å². The van der Waals surface area contributed by atoms with Gasteiger partial charge in [-0.1, -0.05) is 36.8 Å². The lowest BCUT2D eigenvalue weighted by atomic mass is 9.94. The zero-order valence-corrected chi connectivity index (χ0v) is 23.8. The first-order valence-electron chi connectivity index (χ1n) is 13.8. The molecule has 3 aromatic rings. The number of nitrogens with zero attached hydrogens (tertiary/aromatic N) is 3. The van der Waals surface area contributed by atoms with Gasteiger partial charge in [0.05, 0.1) is 24.0 Å². The van der Waals surface area contributed by atoms with Crippen LogP contribution in [0.25, 0.3) is 0 Å². The number of H-pyrrole nitrogens is 1. The molecule has 8 nitrogen and oxygen atoms in total. The molecule has 0 saturated carbocycles. The molecular formula is C30H38N4O4S. The van der Waals surface area contributed by atoms with E-state index in [-0.39, 0.29) is 18.0 Å². The fourth-order valence-corrected chi connectivity index (χ4v) is 8.42. The molecule has 0 spiro atoms. The van der Waals surface area contributed by atoms with Crippen LogP contribution in [0.2, 0.25) is 0 Å². The molecule has 5 rings (SSSR count). The number of piperidine rings is 1. The summed E-state index contributed by atoms with van der Waals surface area (Å²) in [5, 5.41) is 0. The van der Waals surface area contributed by atoms with Gasteiger partial charge < -0.3 is 14.6 Å². The minimum Gasteiger partial charge on any atom is -0.497 e. The van der Waals surface area contributed by atoms with Crippen LogP contribution >= 0.6 is 0 Å². The number of amides is 1. The number of hydrogen-bond acceptors (Lipinski definition) is 5. The Morgan fingerprint density at radius 3 is 2.56 bits per heavy atom. The van der Waals surface area contributed by atoms with Crippen LogP contribution in [0.1, 0.15) is 72.6 Å². The Morgan fingerprint density at radius 1 is 1.10 bits per heavy atom. The first-order valence-corrected chi connectivity index (χ1v) is 15.3. The number of aromatic nitrogens is 2. The van der Waals surface area contributed by atoms with E-state index in [9.17, 15) is 13.2 Å². The SMILES string of the molecule is COc1cc(C)c(S(=O)(=O)N2CCCCC2CCCC(=O)N2CCc3[nH]cnc3C2c2ccccc2)c(C)c1. The number of rotatable bonds is 8. The third kappa shape index (κ3) is 5.47. The molecule has 1 saturated heterocycles. The van der Waals surface area contributed by atoms with Crippen LogP contribution in [0.3, 0.4) is 0 Å².